The van der Waals surface area contributed by atoms with Gasteiger partial charge in [-0.15, -0.1) is 0 Å². The molecule has 1 aromatic heterocycles. The summed E-state index contributed by atoms with van der Waals surface area (Å²) in [5.41, 5.74) is 1.90. The molecule has 0 radical (unpaired) electrons. The van der Waals surface area contributed by atoms with Crippen LogP contribution in [0.2, 0.25) is 0 Å². The highest BCUT2D eigenvalue weighted by atomic mass is 32.2. The first-order valence-corrected chi connectivity index (χ1v) is 10.4. The van der Waals surface area contributed by atoms with Crippen molar-refractivity contribution in [1.82, 2.24) is 9.88 Å². The van der Waals surface area contributed by atoms with Crippen LogP contribution in [0.25, 0.3) is 17.0 Å². The van der Waals surface area contributed by atoms with Crippen LogP contribution < -0.4 is 4.90 Å². The van der Waals surface area contributed by atoms with Gasteiger partial charge in [-0.25, -0.2) is 4.98 Å². The van der Waals surface area contributed by atoms with Crippen LogP contribution in [0, 0.1) is 0 Å². The van der Waals surface area contributed by atoms with E-state index in [4.69, 9.17) is 21.9 Å². The number of thiocarbonyl (C=S) groups is 1. The van der Waals surface area contributed by atoms with Gasteiger partial charge >= 0.3 is 0 Å². The van der Waals surface area contributed by atoms with Crippen LogP contribution in [0.3, 0.4) is 0 Å². The number of benzene rings is 1. The van der Waals surface area contributed by atoms with Gasteiger partial charge in [-0.2, -0.15) is 0 Å². The van der Waals surface area contributed by atoms with Gasteiger partial charge in [0.1, 0.15) is 10.1 Å². The second-order valence-electron chi connectivity index (χ2n) is 6.53. The number of rotatable bonds is 4. The molecule has 1 aromatic carbocycles. The summed E-state index contributed by atoms with van der Waals surface area (Å²) in [5.74, 6) is 0.894. The fourth-order valence-electron chi connectivity index (χ4n) is 3.31. The van der Waals surface area contributed by atoms with Gasteiger partial charge in [0.05, 0.1) is 23.6 Å². The number of para-hydroxylation sites is 1. The van der Waals surface area contributed by atoms with E-state index in [0.717, 1.165) is 41.8 Å². The van der Waals surface area contributed by atoms with Gasteiger partial charge in [0.2, 0.25) is 0 Å². The summed E-state index contributed by atoms with van der Waals surface area (Å²) in [5, 5.41) is 1.06. The topological polar surface area (TPSA) is 45.7 Å². The predicted octanol–water partition coefficient (Wildman–Crippen LogP) is 3.68. The second-order valence-corrected chi connectivity index (χ2v) is 8.20. The SMILES string of the molecule is CCCN1C(=O)/C(=C\c2cc3ccccc3nc2N2CCOCC2)SC1=S. The average molecular weight is 400 g/mol. The van der Waals surface area contributed by atoms with Crippen LogP contribution in [0.4, 0.5) is 5.82 Å². The molecule has 27 heavy (non-hydrogen) atoms. The number of morpholine rings is 1. The molecule has 0 saturated carbocycles. The van der Waals surface area contributed by atoms with E-state index in [1.807, 2.05) is 37.3 Å². The number of anilines is 1. The molecular formula is C20H21N3O2S2. The lowest BCUT2D eigenvalue weighted by atomic mass is 10.1. The Labute approximate surface area is 168 Å². The molecule has 0 bridgehead atoms. The van der Waals surface area contributed by atoms with Gasteiger partial charge in [0.25, 0.3) is 5.91 Å². The van der Waals surface area contributed by atoms with E-state index < -0.39 is 0 Å². The summed E-state index contributed by atoms with van der Waals surface area (Å²) in [6.07, 6.45) is 2.83. The Hall–Kier alpha value is -1.96. The molecule has 1 amide bonds. The summed E-state index contributed by atoms with van der Waals surface area (Å²) in [7, 11) is 0. The van der Waals surface area contributed by atoms with Crippen LogP contribution in [0.5, 0.6) is 0 Å². The van der Waals surface area contributed by atoms with Crippen molar-refractivity contribution in [1.29, 1.82) is 0 Å². The standard InChI is InChI=1S/C20H21N3O2S2/c1-2-7-23-19(24)17(27-20(23)26)13-15-12-14-5-3-4-6-16(14)21-18(15)22-8-10-25-11-9-22/h3-6,12-13H,2,7-11H2,1H3/b17-13+. The van der Waals surface area contributed by atoms with Crippen molar-refractivity contribution in [2.24, 2.45) is 0 Å². The summed E-state index contributed by atoms with van der Waals surface area (Å²) < 4.78 is 6.12. The zero-order valence-electron chi connectivity index (χ0n) is 15.2. The van der Waals surface area contributed by atoms with Gasteiger partial charge in [-0.1, -0.05) is 49.1 Å². The number of nitrogens with zero attached hydrogens (tertiary/aromatic N) is 3. The van der Waals surface area contributed by atoms with E-state index >= 15 is 0 Å². The van der Waals surface area contributed by atoms with Crippen molar-refractivity contribution in [3.05, 3.63) is 40.8 Å². The summed E-state index contributed by atoms with van der Waals surface area (Å²) >= 11 is 6.77. The third-order valence-corrected chi connectivity index (χ3v) is 6.03. The molecule has 2 saturated heterocycles. The monoisotopic (exact) mass is 399 g/mol. The first kappa shape index (κ1) is 18.4. The summed E-state index contributed by atoms with van der Waals surface area (Å²) in [4.78, 5) is 22.2. The minimum atomic E-state index is -0.00654. The molecule has 5 nitrogen and oxygen atoms in total. The van der Waals surface area contributed by atoms with Crippen LogP contribution in [0.1, 0.15) is 18.9 Å². The van der Waals surface area contributed by atoms with Crippen molar-refractivity contribution in [2.75, 3.05) is 37.7 Å². The zero-order chi connectivity index (χ0) is 18.8. The number of fused-ring (bicyclic) bond motifs is 1. The average Bonchev–Trinajstić information content (AvgIpc) is 2.96. The number of carbonyl (C=O) groups excluding carboxylic acids is 1. The lowest BCUT2D eigenvalue weighted by Gasteiger charge is -2.29. The lowest BCUT2D eigenvalue weighted by Crippen LogP contribution is -2.37. The predicted molar refractivity (Wildman–Crippen MR) is 115 cm³/mol. The molecule has 0 unspecified atom stereocenters. The third-order valence-electron chi connectivity index (χ3n) is 4.65. The molecule has 3 heterocycles. The fraction of sp³-hybridized carbons (Fsp3) is 0.350. The molecule has 0 N–H and O–H groups in total. The maximum Gasteiger partial charge on any atom is 0.266 e. The number of hydrogen-bond acceptors (Lipinski definition) is 6. The number of carbonyl (C=O) groups is 1. The lowest BCUT2D eigenvalue weighted by molar-refractivity contribution is -0.122. The maximum absolute atomic E-state index is 12.8. The van der Waals surface area contributed by atoms with Crippen molar-refractivity contribution >= 4 is 57.0 Å². The Morgan fingerprint density at radius 2 is 2.07 bits per heavy atom. The molecule has 2 aliphatic rings. The quantitative estimate of drug-likeness (QED) is 0.577. The number of ether oxygens (including phenoxy) is 1. The Bertz CT molecular complexity index is 923. The Balaban J connectivity index is 1.77. The van der Waals surface area contributed by atoms with Crippen molar-refractivity contribution < 1.29 is 9.53 Å². The molecular weight excluding hydrogens is 378 g/mol. The van der Waals surface area contributed by atoms with E-state index in [0.29, 0.717) is 29.0 Å². The number of pyridine rings is 1. The Kier molecular flexibility index (Phi) is 5.43. The number of thioether (sulfide) groups is 1. The third kappa shape index (κ3) is 3.72. The molecule has 0 atom stereocenters. The molecule has 0 spiro atoms. The minimum absolute atomic E-state index is 0.00654. The van der Waals surface area contributed by atoms with Gasteiger partial charge < -0.3 is 9.64 Å². The number of hydrogen-bond donors (Lipinski definition) is 0. The Morgan fingerprint density at radius 1 is 1.30 bits per heavy atom. The van der Waals surface area contributed by atoms with Gasteiger partial charge in [-0.3, -0.25) is 9.69 Å². The number of aromatic nitrogens is 1. The number of amides is 1. The normalized spacial score (nSPS) is 19.5. The first-order valence-electron chi connectivity index (χ1n) is 9.15. The molecule has 4 rings (SSSR count). The second kappa shape index (κ2) is 7.96. The van der Waals surface area contributed by atoms with Crippen molar-refractivity contribution in [3.63, 3.8) is 0 Å². The van der Waals surface area contributed by atoms with Crippen LogP contribution >= 0.6 is 24.0 Å². The Morgan fingerprint density at radius 3 is 2.85 bits per heavy atom. The molecule has 140 valence electrons. The first-order chi connectivity index (χ1) is 13.2. The van der Waals surface area contributed by atoms with E-state index in [-0.39, 0.29) is 5.91 Å². The van der Waals surface area contributed by atoms with E-state index in [9.17, 15) is 4.79 Å². The largest absolute Gasteiger partial charge is 0.378 e. The highest BCUT2D eigenvalue weighted by molar-refractivity contribution is 8.26. The zero-order valence-corrected chi connectivity index (χ0v) is 16.8. The van der Waals surface area contributed by atoms with E-state index in [2.05, 4.69) is 11.0 Å². The smallest absolute Gasteiger partial charge is 0.266 e. The van der Waals surface area contributed by atoms with E-state index in [1.54, 1.807) is 4.90 Å². The minimum Gasteiger partial charge on any atom is -0.378 e. The highest BCUT2D eigenvalue weighted by Gasteiger charge is 2.31. The van der Waals surface area contributed by atoms with E-state index in [1.165, 1.54) is 11.8 Å². The van der Waals surface area contributed by atoms with Crippen molar-refractivity contribution in [2.45, 2.75) is 13.3 Å². The van der Waals surface area contributed by atoms with Crippen LogP contribution in [0.15, 0.2) is 35.2 Å². The van der Waals surface area contributed by atoms with Gasteiger partial charge in [0, 0.05) is 30.6 Å². The molecule has 0 aliphatic carbocycles. The molecule has 2 aromatic rings. The summed E-state index contributed by atoms with van der Waals surface area (Å²) in [6.45, 7) is 5.67. The van der Waals surface area contributed by atoms with Gasteiger partial charge in [0.15, 0.2) is 0 Å². The highest BCUT2D eigenvalue weighted by Crippen LogP contribution is 2.35. The molecule has 2 fully saturated rings. The summed E-state index contributed by atoms with van der Waals surface area (Å²) in [6, 6.07) is 10.2. The maximum atomic E-state index is 12.8. The molecule has 2 aliphatic heterocycles. The van der Waals surface area contributed by atoms with Crippen LogP contribution in [-0.2, 0) is 9.53 Å². The van der Waals surface area contributed by atoms with Crippen molar-refractivity contribution in [3.8, 4) is 0 Å². The van der Waals surface area contributed by atoms with Gasteiger partial charge in [-0.05, 0) is 24.6 Å². The fourth-order valence-corrected chi connectivity index (χ4v) is 4.61. The molecule has 7 heteroatoms. The van der Waals surface area contributed by atoms with Crippen LogP contribution in [-0.4, -0.2) is 53.0 Å².